The Morgan fingerprint density at radius 1 is 1.00 bits per heavy atom. The summed E-state index contributed by atoms with van der Waals surface area (Å²) in [5.74, 6) is -0.0228. The van der Waals surface area contributed by atoms with Crippen LogP contribution in [0, 0.1) is 10.1 Å². The van der Waals surface area contributed by atoms with Gasteiger partial charge in [0.1, 0.15) is 11.9 Å². The summed E-state index contributed by atoms with van der Waals surface area (Å²) in [5.41, 5.74) is 2.43. The lowest BCUT2D eigenvalue weighted by atomic mass is 9.96. The maximum Gasteiger partial charge on any atom is 0.365 e. The van der Waals surface area contributed by atoms with Crippen LogP contribution in [-0.2, 0) is 4.84 Å². The Balaban J connectivity index is 1.58. The second-order valence-corrected chi connectivity index (χ2v) is 6.44. The van der Waals surface area contributed by atoms with Gasteiger partial charge in [-0.25, -0.2) is 4.79 Å². The second-order valence-electron chi connectivity index (χ2n) is 6.44. The molecule has 0 spiro atoms. The van der Waals surface area contributed by atoms with Crippen molar-refractivity contribution in [1.29, 1.82) is 0 Å². The van der Waals surface area contributed by atoms with E-state index in [4.69, 9.17) is 9.57 Å². The molecular weight excluding hydrogens is 372 g/mol. The van der Waals surface area contributed by atoms with Crippen LogP contribution < -0.4 is 4.74 Å². The molecule has 0 fully saturated rings. The summed E-state index contributed by atoms with van der Waals surface area (Å²) in [5, 5.41) is 14.8. The van der Waals surface area contributed by atoms with Crippen molar-refractivity contribution in [3.8, 4) is 5.75 Å². The van der Waals surface area contributed by atoms with Crippen LogP contribution in [0.15, 0.2) is 84.0 Å². The number of nitro groups is 1. The topological polar surface area (TPSA) is 91.0 Å². The van der Waals surface area contributed by atoms with Crippen molar-refractivity contribution in [2.24, 2.45) is 5.16 Å². The minimum absolute atomic E-state index is 0.100. The SMILES string of the molecule is O=C(O/N=C1\CC(c2ccccc2)Oc2ccccc21)c1ccc([N+](=O)[O-])cc1. The lowest BCUT2D eigenvalue weighted by Gasteiger charge is -2.27. The summed E-state index contributed by atoms with van der Waals surface area (Å²) in [6.07, 6.45) is 0.192. The molecule has 4 rings (SSSR count). The lowest BCUT2D eigenvalue weighted by Crippen LogP contribution is -2.21. The lowest BCUT2D eigenvalue weighted by molar-refractivity contribution is -0.384. The van der Waals surface area contributed by atoms with Crippen molar-refractivity contribution in [3.63, 3.8) is 0 Å². The minimum Gasteiger partial charge on any atom is -0.485 e. The highest BCUT2D eigenvalue weighted by atomic mass is 16.7. The van der Waals surface area contributed by atoms with Gasteiger partial charge in [-0.2, -0.15) is 0 Å². The first-order valence-electron chi connectivity index (χ1n) is 8.95. The van der Waals surface area contributed by atoms with Gasteiger partial charge in [0.25, 0.3) is 5.69 Å². The molecule has 29 heavy (non-hydrogen) atoms. The van der Waals surface area contributed by atoms with Gasteiger partial charge in [-0.1, -0.05) is 47.6 Å². The van der Waals surface area contributed by atoms with E-state index in [2.05, 4.69) is 5.16 Å². The molecule has 0 saturated carbocycles. The number of carbonyl (C=O) groups excluding carboxylic acids is 1. The van der Waals surface area contributed by atoms with Crippen molar-refractivity contribution >= 4 is 17.4 Å². The quantitative estimate of drug-likeness (QED) is 0.368. The van der Waals surface area contributed by atoms with Gasteiger partial charge in [-0.3, -0.25) is 10.1 Å². The average molecular weight is 388 g/mol. The zero-order valence-corrected chi connectivity index (χ0v) is 15.2. The van der Waals surface area contributed by atoms with Crippen LogP contribution in [0.2, 0.25) is 0 Å². The molecule has 1 atom stereocenters. The van der Waals surface area contributed by atoms with Crippen molar-refractivity contribution in [3.05, 3.63) is 106 Å². The first-order valence-corrected chi connectivity index (χ1v) is 8.95. The monoisotopic (exact) mass is 388 g/mol. The third-order valence-electron chi connectivity index (χ3n) is 4.57. The van der Waals surface area contributed by atoms with Crippen molar-refractivity contribution in [2.75, 3.05) is 0 Å². The van der Waals surface area contributed by atoms with E-state index in [9.17, 15) is 14.9 Å². The number of nitrogens with zero attached hydrogens (tertiary/aromatic N) is 2. The normalized spacial score (nSPS) is 16.6. The van der Waals surface area contributed by atoms with Gasteiger partial charge in [-0.15, -0.1) is 0 Å². The largest absolute Gasteiger partial charge is 0.485 e. The summed E-state index contributed by atoms with van der Waals surface area (Å²) < 4.78 is 6.09. The predicted molar refractivity (Wildman–Crippen MR) is 106 cm³/mol. The maximum atomic E-state index is 12.3. The molecule has 1 heterocycles. The van der Waals surface area contributed by atoms with Gasteiger partial charge in [0, 0.05) is 24.1 Å². The fraction of sp³-hybridized carbons (Fsp3) is 0.0909. The number of ether oxygens (including phenoxy) is 1. The molecule has 0 N–H and O–H groups in total. The summed E-state index contributed by atoms with van der Waals surface area (Å²) in [4.78, 5) is 27.6. The molecule has 1 aliphatic rings. The number of nitro benzene ring substituents is 1. The highest BCUT2D eigenvalue weighted by molar-refractivity contribution is 6.04. The predicted octanol–water partition coefficient (Wildman–Crippen LogP) is 4.68. The molecule has 144 valence electrons. The van der Waals surface area contributed by atoms with Gasteiger partial charge in [-0.05, 0) is 29.8 Å². The van der Waals surface area contributed by atoms with Crippen molar-refractivity contribution in [1.82, 2.24) is 0 Å². The van der Waals surface area contributed by atoms with Crippen LogP contribution in [0.1, 0.15) is 34.0 Å². The van der Waals surface area contributed by atoms with Gasteiger partial charge < -0.3 is 9.57 Å². The van der Waals surface area contributed by atoms with E-state index < -0.39 is 10.9 Å². The smallest absolute Gasteiger partial charge is 0.365 e. The van der Waals surface area contributed by atoms with Crippen molar-refractivity contribution in [2.45, 2.75) is 12.5 Å². The van der Waals surface area contributed by atoms with E-state index in [1.165, 1.54) is 24.3 Å². The Hall–Kier alpha value is -4.00. The zero-order chi connectivity index (χ0) is 20.2. The van der Waals surface area contributed by atoms with E-state index in [0.717, 1.165) is 11.1 Å². The number of oxime groups is 1. The highest BCUT2D eigenvalue weighted by Crippen LogP contribution is 2.35. The van der Waals surface area contributed by atoms with Gasteiger partial charge in [0.2, 0.25) is 0 Å². The minimum atomic E-state index is -0.687. The fourth-order valence-corrected chi connectivity index (χ4v) is 3.10. The molecule has 0 radical (unpaired) electrons. The average Bonchev–Trinajstić information content (AvgIpc) is 2.77. The number of non-ortho nitro benzene ring substituents is 1. The number of para-hydroxylation sites is 1. The standard InChI is InChI=1S/C22H16N2O5/c25-22(16-10-12-17(13-11-16)24(26)27)29-23-19-14-21(15-6-2-1-3-7-15)28-20-9-5-4-8-18(19)20/h1-13,21H,14H2/b23-19+. The Morgan fingerprint density at radius 3 is 2.41 bits per heavy atom. The molecule has 0 bridgehead atoms. The van der Waals surface area contributed by atoms with Crippen LogP contribution >= 0.6 is 0 Å². The summed E-state index contributed by atoms with van der Waals surface area (Å²) >= 11 is 0. The van der Waals surface area contributed by atoms with Gasteiger partial charge >= 0.3 is 5.97 Å². The van der Waals surface area contributed by atoms with Crippen LogP contribution in [0.3, 0.4) is 0 Å². The molecule has 0 aliphatic carbocycles. The first-order chi connectivity index (χ1) is 14.1. The number of fused-ring (bicyclic) bond motifs is 1. The molecule has 3 aromatic carbocycles. The number of rotatable bonds is 4. The van der Waals surface area contributed by atoms with E-state index in [1.807, 2.05) is 54.6 Å². The third-order valence-corrected chi connectivity index (χ3v) is 4.57. The zero-order valence-electron chi connectivity index (χ0n) is 15.2. The van der Waals surface area contributed by atoms with Crippen molar-refractivity contribution < 1.29 is 19.3 Å². The molecule has 7 heteroatoms. The van der Waals surface area contributed by atoms with Crippen LogP contribution in [0.4, 0.5) is 5.69 Å². The number of carbonyl (C=O) groups is 1. The Kier molecular flexibility index (Phi) is 5.03. The number of hydrogen-bond donors (Lipinski definition) is 0. The molecule has 0 amide bonds. The second kappa shape index (κ2) is 7.93. The van der Waals surface area contributed by atoms with Crippen LogP contribution in [0.25, 0.3) is 0 Å². The third kappa shape index (κ3) is 3.98. The van der Waals surface area contributed by atoms with E-state index in [-0.39, 0.29) is 17.4 Å². The Bertz CT molecular complexity index is 1080. The first kappa shape index (κ1) is 18.4. The molecular formula is C22H16N2O5. The number of benzene rings is 3. The molecule has 7 nitrogen and oxygen atoms in total. The van der Waals surface area contributed by atoms with Crippen LogP contribution in [-0.4, -0.2) is 16.6 Å². The molecule has 3 aromatic rings. The molecule has 1 aliphatic heterocycles. The molecule has 1 unspecified atom stereocenters. The van der Waals surface area contributed by atoms with Gasteiger partial charge in [0.05, 0.1) is 16.2 Å². The highest BCUT2D eigenvalue weighted by Gasteiger charge is 2.27. The van der Waals surface area contributed by atoms with E-state index in [1.54, 1.807) is 0 Å². The Labute approximate surface area is 166 Å². The van der Waals surface area contributed by atoms with E-state index >= 15 is 0 Å². The summed E-state index contributed by atoms with van der Waals surface area (Å²) in [6.45, 7) is 0. The molecule has 0 aromatic heterocycles. The summed E-state index contributed by atoms with van der Waals surface area (Å²) in [7, 11) is 0. The van der Waals surface area contributed by atoms with E-state index in [0.29, 0.717) is 17.9 Å². The molecule has 0 saturated heterocycles. The fourth-order valence-electron chi connectivity index (χ4n) is 3.10. The summed E-state index contributed by atoms with van der Waals surface area (Å²) in [6, 6.07) is 22.3. The van der Waals surface area contributed by atoms with Crippen LogP contribution in [0.5, 0.6) is 5.75 Å². The van der Waals surface area contributed by atoms with Gasteiger partial charge in [0.15, 0.2) is 0 Å². The maximum absolute atomic E-state index is 12.3. The Morgan fingerprint density at radius 2 is 1.69 bits per heavy atom. The number of hydrogen-bond acceptors (Lipinski definition) is 6.